The van der Waals surface area contributed by atoms with Crippen LogP contribution >= 0.6 is 0 Å². The number of benzene rings is 1. The Bertz CT molecular complexity index is 711. The molecule has 1 aliphatic rings. The lowest BCUT2D eigenvalue weighted by Gasteiger charge is -2.16. The van der Waals surface area contributed by atoms with Crippen molar-refractivity contribution in [1.29, 1.82) is 5.26 Å². The zero-order valence-electron chi connectivity index (χ0n) is 11.3. The average Bonchev–Trinajstić information content (AvgIpc) is 2.53. The van der Waals surface area contributed by atoms with Gasteiger partial charge in [0, 0.05) is 18.2 Å². The van der Waals surface area contributed by atoms with Crippen molar-refractivity contribution in [2.24, 2.45) is 0 Å². The molecular weight excluding hydrogens is 271 g/mol. The lowest BCUT2D eigenvalue weighted by atomic mass is 10.1. The monoisotopic (exact) mass is 284 g/mol. The molecule has 5 nitrogen and oxygen atoms in total. The molecule has 0 unspecified atom stereocenters. The topological polar surface area (TPSA) is 70.8 Å². The van der Waals surface area contributed by atoms with E-state index in [9.17, 15) is 4.39 Å². The van der Waals surface area contributed by atoms with Gasteiger partial charge in [0.25, 0.3) is 0 Å². The van der Waals surface area contributed by atoms with Gasteiger partial charge in [0.2, 0.25) is 0 Å². The van der Waals surface area contributed by atoms with Gasteiger partial charge in [-0.05, 0) is 18.2 Å². The number of hydrogen-bond donors (Lipinski definition) is 1. The van der Waals surface area contributed by atoms with E-state index in [-0.39, 0.29) is 5.56 Å². The number of nitrogens with one attached hydrogen (secondary N) is 1. The smallest absolute Gasteiger partial charge is 0.147 e. The fourth-order valence-electron chi connectivity index (χ4n) is 2.19. The van der Waals surface area contributed by atoms with Crippen LogP contribution in [0.4, 0.5) is 10.1 Å². The van der Waals surface area contributed by atoms with Crippen molar-refractivity contribution in [3.8, 4) is 6.07 Å². The van der Waals surface area contributed by atoms with Gasteiger partial charge in [-0.25, -0.2) is 14.4 Å². The van der Waals surface area contributed by atoms with E-state index in [1.807, 2.05) is 6.07 Å². The highest BCUT2D eigenvalue weighted by molar-refractivity contribution is 5.57. The second-order valence-electron chi connectivity index (χ2n) is 4.72. The third-order valence-corrected chi connectivity index (χ3v) is 3.28. The number of hydrogen-bond acceptors (Lipinski definition) is 5. The summed E-state index contributed by atoms with van der Waals surface area (Å²) in [6.07, 6.45) is 2.55. The molecule has 1 aliphatic heterocycles. The first-order valence-corrected chi connectivity index (χ1v) is 6.61. The molecule has 0 atom stereocenters. The Morgan fingerprint density at radius 3 is 3.19 bits per heavy atom. The van der Waals surface area contributed by atoms with Crippen molar-refractivity contribution >= 4 is 5.69 Å². The Hall–Kier alpha value is -2.52. The minimum absolute atomic E-state index is 0.265. The lowest BCUT2D eigenvalue weighted by molar-refractivity contribution is 0.108. The van der Waals surface area contributed by atoms with E-state index in [4.69, 9.17) is 10.00 Å². The van der Waals surface area contributed by atoms with Gasteiger partial charge in [0.1, 0.15) is 17.7 Å². The van der Waals surface area contributed by atoms with E-state index in [2.05, 4.69) is 15.3 Å². The Morgan fingerprint density at radius 1 is 1.43 bits per heavy atom. The third-order valence-electron chi connectivity index (χ3n) is 3.28. The highest BCUT2D eigenvalue weighted by atomic mass is 19.1. The fraction of sp³-hybridized carbons (Fsp3) is 0.267. The molecule has 1 aromatic carbocycles. The highest BCUT2D eigenvalue weighted by Gasteiger charge is 2.12. The van der Waals surface area contributed by atoms with E-state index >= 15 is 0 Å². The van der Waals surface area contributed by atoms with Gasteiger partial charge in [0.15, 0.2) is 0 Å². The Kier molecular flexibility index (Phi) is 3.75. The Balaban J connectivity index is 1.75. The van der Waals surface area contributed by atoms with Crippen molar-refractivity contribution in [2.45, 2.75) is 19.6 Å². The van der Waals surface area contributed by atoms with E-state index in [0.29, 0.717) is 31.3 Å². The van der Waals surface area contributed by atoms with Crippen molar-refractivity contribution in [2.75, 3.05) is 11.9 Å². The highest BCUT2D eigenvalue weighted by Crippen LogP contribution is 2.17. The van der Waals surface area contributed by atoms with Crippen LogP contribution in [0, 0.1) is 17.1 Å². The molecule has 0 aliphatic carbocycles. The van der Waals surface area contributed by atoms with Crippen LogP contribution in [0.2, 0.25) is 0 Å². The van der Waals surface area contributed by atoms with Crippen molar-refractivity contribution in [3.05, 3.63) is 52.9 Å². The van der Waals surface area contributed by atoms with Crippen LogP contribution in [0.3, 0.4) is 0 Å². The number of fused-ring (bicyclic) bond motifs is 1. The van der Waals surface area contributed by atoms with Gasteiger partial charge in [-0.15, -0.1) is 0 Å². The van der Waals surface area contributed by atoms with E-state index in [1.54, 1.807) is 12.3 Å². The number of nitriles is 1. The SMILES string of the molecule is N#Cc1cc(F)ccc1NCc1ncc2c(n1)CCOC2. The molecule has 0 radical (unpaired) electrons. The zero-order valence-corrected chi connectivity index (χ0v) is 11.3. The molecule has 3 rings (SSSR count). The van der Waals surface area contributed by atoms with Crippen LogP contribution in [0.15, 0.2) is 24.4 Å². The standard InChI is InChI=1S/C15H13FN4O/c16-12-1-2-13(10(5-12)6-17)18-8-15-19-7-11-9-21-4-3-14(11)20-15/h1-2,5,7,18H,3-4,8-9H2. The average molecular weight is 284 g/mol. The predicted molar refractivity (Wildman–Crippen MR) is 73.8 cm³/mol. The predicted octanol–water partition coefficient (Wildman–Crippen LogP) is 2.17. The molecule has 1 N–H and O–H groups in total. The van der Waals surface area contributed by atoms with Crippen LogP contribution in [0.25, 0.3) is 0 Å². The largest absolute Gasteiger partial charge is 0.377 e. The molecule has 0 spiro atoms. The molecule has 106 valence electrons. The first kappa shape index (κ1) is 13.5. The summed E-state index contributed by atoms with van der Waals surface area (Å²) >= 11 is 0. The van der Waals surface area contributed by atoms with Gasteiger partial charge in [-0.1, -0.05) is 0 Å². The summed E-state index contributed by atoms with van der Waals surface area (Å²) in [4.78, 5) is 8.76. The normalized spacial score (nSPS) is 13.3. The second-order valence-corrected chi connectivity index (χ2v) is 4.72. The maximum absolute atomic E-state index is 13.1. The summed E-state index contributed by atoms with van der Waals surface area (Å²) in [7, 11) is 0. The molecule has 0 amide bonds. The first-order chi connectivity index (χ1) is 10.3. The summed E-state index contributed by atoms with van der Waals surface area (Å²) < 4.78 is 18.4. The summed E-state index contributed by atoms with van der Waals surface area (Å²) in [5.74, 6) is 0.214. The maximum atomic E-state index is 13.1. The van der Waals surface area contributed by atoms with Crippen LogP contribution < -0.4 is 5.32 Å². The minimum atomic E-state index is -0.429. The van der Waals surface area contributed by atoms with E-state index in [1.165, 1.54) is 12.1 Å². The molecule has 0 saturated heterocycles. The maximum Gasteiger partial charge on any atom is 0.147 e. The zero-order chi connectivity index (χ0) is 14.7. The summed E-state index contributed by atoms with van der Waals surface area (Å²) in [6.45, 7) is 1.61. The van der Waals surface area contributed by atoms with Crippen LogP contribution in [0.1, 0.15) is 22.6 Å². The van der Waals surface area contributed by atoms with Crippen LogP contribution in [0.5, 0.6) is 0 Å². The van der Waals surface area contributed by atoms with Crippen molar-refractivity contribution in [1.82, 2.24) is 9.97 Å². The summed E-state index contributed by atoms with van der Waals surface area (Å²) in [6, 6.07) is 6.02. The van der Waals surface area contributed by atoms with E-state index < -0.39 is 5.82 Å². The molecule has 0 fully saturated rings. The molecule has 1 aromatic heterocycles. The number of aromatic nitrogens is 2. The van der Waals surface area contributed by atoms with Gasteiger partial charge in [0.05, 0.1) is 36.7 Å². The minimum Gasteiger partial charge on any atom is -0.377 e. The number of rotatable bonds is 3. The lowest BCUT2D eigenvalue weighted by Crippen LogP contribution is -2.15. The Morgan fingerprint density at radius 2 is 2.33 bits per heavy atom. The Labute approximate surface area is 121 Å². The summed E-state index contributed by atoms with van der Waals surface area (Å²) in [5.41, 5.74) is 2.86. The molecule has 0 saturated carbocycles. The van der Waals surface area contributed by atoms with Crippen molar-refractivity contribution < 1.29 is 9.13 Å². The van der Waals surface area contributed by atoms with Crippen LogP contribution in [-0.4, -0.2) is 16.6 Å². The summed E-state index contributed by atoms with van der Waals surface area (Å²) in [5, 5.41) is 12.1. The molecule has 2 aromatic rings. The van der Waals surface area contributed by atoms with Gasteiger partial charge < -0.3 is 10.1 Å². The van der Waals surface area contributed by atoms with Gasteiger partial charge in [-0.2, -0.15) is 5.26 Å². The first-order valence-electron chi connectivity index (χ1n) is 6.61. The molecule has 0 bridgehead atoms. The second kappa shape index (κ2) is 5.85. The molecule has 6 heteroatoms. The fourth-order valence-corrected chi connectivity index (χ4v) is 2.19. The van der Waals surface area contributed by atoms with Gasteiger partial charge >= 0.3 is 0 Å². The van der Waals surface area contributed by atoms with Gasteiger partial charge in [-0.3, -0.25) is 0 Å². The van der Waals surface area contributed by atoms with E-state index in [0.717, 1.165) is 17.7 Å². The van der Waals surface area contributed by atoms with Crippen molar-refractivity contribution in [3.63, 3.8) is 0 Å². The third kappa shape index (κ3) is 2.98. The number of ether oxygens (including phenoxy) is 1. The quantitative estimate of drug-likeness (QED) is 0.935. The molecule has 21 heavy (non-hydrogen) atoms. The van der Waals surface area contributed by atoms with Crippen LogP contribution in [-0.2, 0) is 24.3 Å². The number of anilines is 1. The number of nitrogens with zero attached hydrogens (tertiary/aromatic N) is 3. The molecule has 2 heterocycles. The molecular formula is C15H13FN4O. The number of halogens is 1.